The molecule has 0 N–H and O–H groups in total. The molecule has 0 spiro atoms. The monoisotopic (exact) mass is 488 g/mol. The van der Waals surface area contributed by atoms with Crippen molar-refractivity contribution in [3.8, 4) is 28.7 Å². The largest absolute Gasteiger partial charge is 0.496 e. The Labute approximate surface area is 208 Å². The molecule has 4 heterocycles. The van der Waals surface area contributed by atoms with Gasteiger partial charge in [0.15, 0.2) is 5.82 Å². The molecule has 0 bridgehead atoms. The van der Waals surface area contributed by atoms with Gasteiger partial charge in [0, 0.05) is 57.2 Å². The van der Waals surface area contributed by atoms with E-state index in [0.717, 1.165) is 41.3 Å². The molecule has 36 heavy (non-hydrogen) atoms. The number of aryl methyl sites for hydroxylation is 2. The summed E-state index contributed by atoms with van der Waals surface area (Å²) in [5, 5.41) is 17.4. The number of nitrogens with zero attached hydrogens (tertiary/aromatic N) is 8. The highest BCUT2D eigenvalue weighted by Crippen LogP contribution is 2.34. The molecule has 11 nitrogen and oxygen atoms in total. The van der Waals surface area contributed by atoms with Crippen molar-refractivity contribution >= 4 is 5.91 Å². The van der Waals surface area contributed by atoms with Crippen LogP contribution in [0.3, 0.4) is 0 Å². The Balaban J connectivity index is 1.14. The van der Waals surface area contributed by atoms with Gasteiger partial charge < -0.3 is 18.7 Å². The summed E-state index contributed by atoms with van der Waals surface area (Å²) >= 11 is 0. The standard InChI is InChI=1S/C25H28N8O3/c1-31-19-11-12-32(14-18(19)23(29-31)25-28-26-15-33(25)13-16-7-8-16)22(34)10-9-21-27-24(30-36-21)17-5-3-4-6-20(17)35-2/h3-6,15-16H,7-14H2,1-2H3. The number of benzene rings is 1. The molecule has 1 fully saturated rings. The summed E-state index contributed by atoms with van der Waals surface area (Å²) in [5.41, 5.74) is 3.77. The molecule has 3 aromatic heterocycles. The van der Waals surface area contributed by atoms with Crippen molar-refractivity contribution in [3.63, 3.8) is 0 Å². The second kappa shape index (κ2) is 9.21. The maximum Gasteiger partial charge on any atom is 0.227 e. The van der Waals surface area contributed by atoms with Crippen molar-refractivity contribution < 1.29 is 14.1 Å². The number of hydrogen-bond donors (Lipinski definition) is 0. The van der Waals surface area contributed by atoms with E-state index in [2.05, 4.69) is 24.9 Å². The number of carbonyl (C=O) groups is 1. The molecule has 1 amide bonds. The van der Waals surface area contributed by atoms with Crippen molar-refractivity contribution in [2.75, 3.05) is 13.7 Å². The fourth-order valence-corrected chi connectivity index (χ4v) is 4.80. The van der Waals surface area contributed by atoms with Crippen LogP contribution in [0.25, 0.3) is 22.9 Å². The van der Waals surface area contributed by atoms with Gasteiger partial charge in [-0.15, -0.1) is 10.2 Å². The van der Waals surface area contributed by atoms with Crippen LogP contribution in [0.15, 0.2) is 35.1 Å². The summed E-state index contributed by atoms with van der Waals surface area (Å²) in [7, 11) is 3.56. The molecule has 1 aliphatic carbocycles. The normalized spacial score (nSPS) is 15.2. The summed E-state index contributed by atoms with van der Waals surface area (Å²) in [6.07, 6.45) is 5.70. The van der Waals surface area contributed by atoms with Gasteiger partial charge in [-0.2, -0.15) is 10.1 Å². The van der Waals surface area contributed by atoms with Gasteiger partial charge in [0.05, 0.1) is 12.7 Å². The van der Waals surface area contributed by atoms with Crippen molar-refractivity contribution in [2.45, 2.75) is 45.2 Å². The van der Waals surface area contributed by atoms with Crippen molar-refractivity contribution in [1.29, 1.82) is 0 Å². The zero-order chi connectivity index (χ0) is 24.6. The third kappa shape index (κ3) is 4.25. The Hall–Kier alpha value is -4.02. The van der Waals surface area contributed by atoms with Gasteiger partial charge in [0.2, 0.25) is 17.6 Å². The number of amides is 1. The van der Waals surface area contributed by atoms with E-state index in [9.17, 15) is 4.79 Å². The van der Waals surface area contributed by atoms with E-state index in [1.165, 1.54) is 12.8 Å². The predicted octanol–water partition coefficient (Wildman–Crippen LogP) is 2.66. The van der Waals surface area contributed by atoms with Crippen molar-refractivity contribution in [1.82, 2.24) is 39.6 Å². The van der Waals surface area contributed by atoms with Crippen LogP contribution in [0.4, 0.5) is 0 Å². The fraction of sp³-hybridized carbons (Fsp3) is 0.440. The molecule has 11 heteroatoms. The highest BCUT2D eigenvalue weighted by molar-refractivity contribution is 5.77. The van der Waals surface area contributed by atoms with E-state index in [0.29, 0.717) is 42.9 Å². The van der Waals surface area contributed by atoms with Gasteiger partial charge in [-0.25, -0.2) is 0 Å². The third-order valence-electron chi connectivity index (χ3n) is 6.94. The second-order valence-corrected chi connectivity index (χ2v) is 9.43. The van der Waals surface area contributed by atoms with E-state index in [1.54, 1.807) is 13.4 Å². The summed E-state index contributed by atoms with van der Waals surface area (Å²) in [6, 6.07) is 7.50. The number of carbonyl (C=O) groups excluding carboxylic acids is 1. The maximum absolute atomic E-state index is 13.1. The second-order valence-electron chi connectivity index (χ2n) is 9.43. The summed E-state index contributed by atoms with van der Waals surface area (Å²) < 4.78 is 14.8. The number of fused-ring (bicyclic) bond motifs is 1. The van der Waals surface area contributed by atoms with Gasteiger partial charge in [0.1, 0.15) is 17.8 Å². The number of para-hydroxylation sites is 1. The van der Waals surface area contributed by atoms with Crippen LogP contribution in [0.5, 0.6) is 5.75 Å². The molecule has 6 rings (SSSR count). The average molecular weight is 489 g/mol. The quantitative estimate of drug-likeness (QED) is 0.372. The Kier molecular flexibility index (Phi) is 5.74. The minimum atomic E-state index is 0.0481. The lowest BCUT2D eigenvalue weighted by atomic mass is 10.0. The minimum absolute atomic E-state index is 0.0481. The summed E-state index contributed by atoms with van der Waals surface area (Å²) in [4.78, 5) is 19.5. The van der Waals surface area contributed by atoms with Gasteiger partial charge in [0.25, 0.3) is 0 Å². The SMILES string of the molecule is COc1ccccc1-c1noc(CCC(=O)N2CCc3c(c(-c4nncn4CC4CC4)nn3C)C2)n1. The Morgan fingerprint density at radius 3 is 2.94 bits per heavy atom. The molecule has 0 radical (unpaired) electrons. The van der Waals surface area contributed by atoms with Crippen LogP contribution in [-0.2, 0) is 37.8 Å². The first-order valence-electron chi connectivity index (χ1n) is 12.3. The molecule has 0 unspecified atom stereocenters. The molecule has 186 valence electrons. The number of hydrogen-bond acceptors (Lipinski definition) is 8. The average Bonchev–Trinajstić information content (AvgIpc) is 3.27. The van der Waals surface area contributed by atoms with E-state index < -0.39 is 0 Å². The first-order chi connectivity index (χ1) is 17.6. The highest BCUT2D eigenvalue weighted by Gasteiger charge is 2.30. The van der Waals surface area contributed by atoms with E-state index >= 15 is 0 Å². The lowest BCUT2D eigenvalue weighted by Crippen LogP contribution is -2.36. The lowest BCUT2D eigenvalue weighted by molar-refractivity contribution is -0.132. The van der Waals surface area contributed by atoms with Crippen molar-refractivity contribution in [3.05, 3.63) is 47.7 Å². The summed E-state index contributed by atoms with van der Waals surface area (Å²) in [6.45, 7) is 2.07. The third-order valence-corrected chi connectivity index (χ3v) is 6.94. The first kappa shape index (κ1) is 22.4. The molecule has 1 saturated carbocycles. The van der Waals surface area contributed by atoms with Crippen molar-refractivity contribution in [2.24, 2.45) is 13.0 Å². The van der Waals surface area contributed by atoms with Crippen LogP contribution >= 0.6 is 0 Å². The molecule has 0 saturated heterocycles. The number of rotatable bonds is 8. The lowest BCUT2D eigenvalue weighted by Gasteiger charge is -2.27. The molecule has 2 aliphatic rings. The van der Waals surface area contributed by atoms with Crippen LogP contribution in [0, 0.1) is 5.92 Å². The molecule has 0 atom stereocenters. The van der Waals surface area contributed by atoms with E-state index in [4.69, 9.17) is 14.4 Å². The van der Waals surface area contributed by atoms with Crippen LogP contribution in [0.1, 0.15) is 36.4 Å². The Bertz CT molecular complexity index is 1400. The van der Waals surface area contributed by atoms with E-state index in [1.807, 2.05) is 40.9 Å². The van der Waals surface area contributed by atoms with Gasteiger partial charge in [-0.1, -0.05) is 17.3 Å². The Morgan fingerprint density at radius 2 is 2.11 bits per heavy atom. The molecule has 4 aromatic rings. The smallest absolute Gasteiger partial charge is 0.227 e. The molecule has 1 aliphatic heterocycles. The van der Waals surface area contributed by atoms with E-state index in [-0.39, 0.29) is 12.3 Å². The Morgan fingerprint density at radius 1 is 1.25 bits per heavy atom. The number of aromatic nitrogens is 7. The summed E-state index contributed by atoms with van der Waals surface area (Å²) in [5.74, 6) is 3.08. The topological polar surface area (TPSA) is 117 Å². The van der Waals surface area contributed by atoms with Gasteiger partial charge in [-0.3, -0.25) is 9.48 Å². The number of methoxy groups -OCH3 is 1. The fourth-order valence-electron chi connectivity index (χ4n) is 4.80. The number of ether oxygens (including phenoxy) is 1. The zero-order valence-corrected chi connectivity index (χ0v) is 20.4. The van der Waals surface area contributed by atoms with Gasteiger partial charge >= 0.3 is 0 Å². The van der Waals surface area contributed by atoms with Crippen LogP contribution in [0.2, 0.25) is 0 Å². The first-order valence-corrected chi connectivity index (χ1v) is 12.3. The highest BCUT2D eigenvalue weighted by atomic mass is 16.5. The molecular weight excluding hydrogens is 460 g/mol. The van der Waals surface area contributed by atoms with Gasteiger partial charge in [-0.05, 0) is 30.9 Å². The maximum atomic E-state index is 13.1. The van der Waals surface area contributed by atoms with Crippen LogP contribution in [-0.4, -0.2) is 59.1 Å². The molecule has 1 aromatic carbocycles. The minimum Gasteiger partial charge on any atom is -0.496 e. The van der Waals surface area contributed by atoms with Crippen LogP contribution < -0.4 is 4.74 Å². The molecular formula is C25H28N8O3. The zero-order valence-electron chi connectivity index (χ0n) is 20.4. The predicted molar refractivity (Wildman–Crippen MR) is 129 cm³/mol.